The number of carbonyl (C=O) groups excluding carboxylic acids is 1. The monoisotopic (exact) mass is 480 g/mol. The summed E-state index contributed by atoms with van der Waals surface area (Å²) in [4.78, 5) is 16.5. The van der Waals surface area contributed by atoms with Gasteiger partial charge in [-0.05, 0) is 31.4 Å². The van der Waals surface area contributed by atoms with E-state index in [0.717, 1.165) is 18.5 Å². The average molecular weight is 480 g/mol. The van der Waals surface area contributed by atoms with E-state index in [-0.39, 0.29) is 36.4 Å². The SMILES string of the molecule is CCNC(=NCc1cccc(C)c1)NCC(=O)NCCc1ccccc1.I. The first-order chi connectivity index (χ1) is 12.7. The number of hydrogen-bond donors (Lipinski definition) is 3. The number of carbonyl (C=O) groups is 1. The normalized spacial score (nSPS) is 10.7. The van der Waals surface area contributed by atoms with Crippen LogP contribution in [0.25, 0.3) is 0 Å². The number of halogens is 1. The Bertz CT molecular complexity index is 719. The van der Waals surface area contributed by atoms with Crippen LogP contribution >= 0.6 is 24.0 Å². The predicted octanol–water partition coefficient (Wildman–Crippen LogP) is 3.03. The van der Waals surface area contributed by atoms with Crippen molar-refractivity contribution in [2.45, 2.75) is 26.8 Å². The van der Waals surface area contributed by atoms with E-state index < -0.39 is 0 Å². The van der Waals surface area contributed by atoms with Crippen LogP contribution in [0.4, 0.5) is 0 Å². The van der Waals surface area contributed by atoms with E-state index in [9.17, 15) is 4.79 Å². The van der Waals surface area contributed by atoms with E-state index in [1.807, 2.05) is 31.2 Å². The lowest BCUT2D eigenvalue weighted by Crippen LogP contribution is -2.43. The number of aliphatic imine (C=N–C) groups is 1. The third kappa shape index (κ3) is 9.42. The van der Waals surface area contributed by atoms with E-state index in [1.165, 1.54) is 11.1 Å². The van der Waals surface area contributed by atoms with E-state index in [2.05, 4.69) is 58.2 Å². The molecule has 0 saturated carbocycles. The molecule has 0 aliphatic rings. The summed E-state index contributed by atoms with van der Waals surface area (Å²) in [7, 11) is 0. The molecule has 0 radical (unpaired) electrons. The van der Waals surface area contributed by atoms with Crippen molar-refractivity contribution in [3.8, 4) is 0 Å². The highest BCUT2D eigenvalue weighted by Gasteiger charge is 2.03. The molecule has 27 heavy (non-hydrogen) atoms. The van der Waals surface area contributed by atoms with Crippen molar-refractivity contribution in [2.24, 2.45) is 4.99 Å². The number of rotatable bonds is 8. The minimum Gasteiger partial charge on any atom is -0.357 e. The van der Waals surface area contributed by atoms with E-state index in [1.54, 1.807) is 0 Å². The van der Waals surface area contributed by atoms with Gasteiger partial charge in [-0.1, -0.05) is 60.2 Å². The molecule has 0 bridgehead atoms. The van der Waals surface area contributed by atoms with Gasteiger partial charge in [0.1, 0.15) is 0 Å². The summed E-state index contributed by atoms with van der Waals surface area (Å²) in [5.74, 6) is 0.606. The van der Waals surface area contributed by atoms with Crippen molar-refractivity contribution in [3.63, 3.8) is 0 Å². The Balaban J connectivity index is 0.00000364. The maximum Gasteiger partial charge on any atom is 0.239 e. The molecular formula is C21H29IN4O. The van der Waals surface area contributed by atoms with Crippen LogP contribution in [0, 0.1) is 6.92 Å². The molecule has 0 unspecified atom stereocenters. The molecule has 0 atom stereocenters. The maximum atomic E-state index is 12.0. The van der Waals surface area contributed by atoms with Gasteiger partial charge in [-0.25, -0.2) is 4.99 Å². The third-order valence-electron chi connectivity index (χ3n) is 3.84. The number of benzene rings is 2. The summed E-state index contributed by atoms with van der Waals surface area (Å²) >= 11 is 0. The Hall–Kier alpha value is -2.09. The second-order valence-electron chi connectivity index (χ2n) is 6.12. The van der Waals surface area contributed by atoms with Gasteiger partial charge in [0, 0.05) is 13.1 Å². The van der Waals surface area contributed by atoms with Gasteiger partial charge in [0.25, 0.3) is 0 Å². The van der Waals surface area contributed by atoms with Crippen LogP contribution in [0.1, 0.15) is 23.6 Å². The zero-order chi connectivity index (χ0) is 18.6. The molecule has 0 saturated heterocycles. The zero-order valence-electron chi connectivity index (χ0n) is 16.0. The molecule has 0 heterocycles. The molecule has 0 spiro atoms. The van der Waals surface area contributed by atoms with Gasteiger partial charge in [-0.2, -0.15) is 0 Å². The van der Waals surface area contributed by atoms with E-state index in [0.29, 0.717) is 19.0 Å². The molecule has 0 fully saturated rings. The first kappa shape index (κ1) is 23.0. The van der Waals surface area contributed by atoms with Crippen molar-refractivity contribution in [3.05, 3.63) is 71.3 Å². The van der Waals surface area contributed by atoms with Crippen LogP contribution < -0.4 is 16.0 Å². The first-order valence-corrected chi connectivity index (χ1v) is 9.05. The number of aryl methyl sites for hydroxylation is 1. The number of hydrogen-bond acceptors (Lipinski definition) is 2. The minimum atomic E-state index is -0.0397. The molecule has 3 N–H and O–H groups in total. The lowest BCUT2D eigenvalue weighted by Gasteiger charge is -2.11. The predicted molar refractivity (Wildman–Crippen MR) is 123 cm³/mol. The summed E-state index contributed by atoms with van der Waals surface area (Å²) in [6, 6.07) is 18.4. The Morgan fingerprint density at radius 2 is 1.70 bits per heavy atom. The van der Waals surface area contributed by atoms with Crippen molar-refractivity contribution in [1.29, 1.82) is 0 Å². The molecule has 146 valence electrons. The molecule has 0 aliphatic carbocycles. The van der Waals surface area contributed by atoms with Gasteiger partial charge >= 0.3 is 0 Å². The number of nitrogens with one attached hydrogen (secondary N) is 3. The lowest BCUT2D eigenvalue weighted by molar-refractivity contribution is -0.119. The number of amides is 1. The van der Waals surface area contributed by atoms with E-state index in [4.69, 9.17) is 0 Å². The number of guanidine groups is 1. The Labute approximate surface area is 179 Å². The molecule has 5 nitrogen and oxygen atoms in total. The fraction of sp³-hybridized carbons (Fsp3) is 0.333. The Morgan fingerprint density at radius 1 is 0.963 bits per heavy atom. The van der Waals surface area contributed by atoms with Crippen LogP contribution in [0.2, 0.25) is 0 Å². The molecule has 0 aromatic heterocycles. The zero-order valence-corrected chi connectivity index (χ0v) is 18.3. The van der Waals surface area contributed by atoms with Gasteiger partial charge in [-0.3, -0.25) is 4.79 Å². The second kappa shape index (κ2) is 13.1. The number of nitrogens with zero attached hydrogens (tertiary/aromatic N) is 1. The highest BCUT2D eigenvalue weighted by Crippen LogP contribution is 2.04. The van der Waals surface area contributed by atoms with Crippen molar-refractivity contribution >= 4 is 35.8 Å². The third-order valence-corrected chi connectivity index (χ3v) is 3.84. The molecule has 0 aliphatic heterocycles. The molecule has 6 heteroatoms. The topological polar surface area (TPSA) is 65.5 Å². The first-order valence-electron chi connectivity index (χ1n) is 9.05. The molecule has 1 amide bonds. The maximum absolute atomic E-state index is 12.0. The van der Waals surface area contributed by atoms with Crippen LogP contribution in [0.5, 0.6) is 0 Å². The average Bonchev–Trinajstić information content (AvgIpc) is 2.65. The largest absolute Gasteiger partial charge is 0.357 e. The fourth-order valence-corrected chi connectivity index (χ4v) is 2.54. The van der Waals surface area contributed by atoms with Gasteiger partial charge in [-0.15, -0.1) is 24.0 Å². The van der Waals surface area contributed by atoms with E-state index >= 15 is 0 Å². The van der Waals surface area contributed by atoms with Crippen LogP contribution in [0.15, 0.2) is 59.6 Å². The molecule has 2 rings (SSSR count). The van der Waals surface area contributed by atoms with Gasteiger partial charge in [0.2, 0.25) is 5.91 Å². The summed E-state index contributed by atoms with van der Waals surface area (Å²) in [5, 5.41) is 9.17. The smallest absolute Gasteiger partial charge is 0.239 e. The highest BCUT2D eigenvalue weighted by atomic mass is 127. The Kier molecular flexibility index (Phi) is 11.2. The summed E-state index contributed by atoms with van der Waals surface area (Å²) in [6.45, 7) is 6.22. The lowest BCUT2D eigenvalue weighted by atomic mass is 10.1. The molecule has 2 aromatic rings. The highest BCUT2D eigenvalue weighted by molar-refractivity contribution is 14.0. The second-order valence-corrected chi connectivity index (χ2v) is 6.12. The van der Waals surface area contributed by atoms with Crippen molar-refractivity contribution in [2.75, 3.05) is 19.6 Å². The summed E-state index contributed by atoms with van der Waals surface area (Å²) < 4.78 is 0. The quantitative estimate of drug-likeness (QED) is 0.309. The van der Waals surface area contributed by atoms with Crippen LogP contribution in [0.3, 0.4) is 0 Å². The fourth-order valence-electron chi connectivity index (χ4n) is 2.54. The van der Waals surface area contributed by atoms with Gasteiger partial charge in [0.15, 0.2) is 5.96 Å². The van der Waals surface area contributed by atoms with Crippen molar-refractivity contribution in [1.82, 2.24) is 16.0 Å². The van der Waals surface area contributed by atoms with Crippen LogP contribution in [-0.2, 0) is 17.8 Å². The molecular weight excluding hydrogens is 451 g/mol. The summed E-state index contributed by atoms with van der Waals surface area (Å²) in [5.41, 5.74) is 3.58. The minimum absolute atomic E-state index is 0. The van der Waals surface area contributed by atoms with Gasteiger partial charge in [0.05, 0.1) is 13.1 Å². The molecule has 2 aromatic carbocycles. The van der Waals surface area contributed by atoms with Crippen molar-refractivity contribution < 1.29 is 4.79 Å². The standard InChI is InChI=1S/C21H28N4O.HI/c1-3-22-21(24-15-19-11-7-8-17(2)14-19)25-16-20(26)23-13-12-18-9-5-4-6-10-18;/h4-11,14H,3,12-13,15-16H2,1-2H3,(H,23,26)(H2,22,24,25);1H. The van der Waals surface area contributed by atoms with Gasteiger partial charge < -0.3 is 16.0 Å². The summed E-state index contributed by atoms with van der Waals surface area (Å²) in [6.07, 6.45) is 0.827. The Morgan fingerprint density at radius 3 is 2.41 bits per heavy atom. The van der Waals surface area contributed by atoms with Crippen LogP contribution in [-0.4, -0.2) is 31.5 Å².